The zero-order valence-electron chi connectivity index (χ0n) is 26.2. The molecule has 2 aromatic heterocycles. The number of anilines is 1. The number of halogens is 2. The molecule has 2 aromatic carbocycles. The maximum Gasteiger partial charge on any atom is 0.139 e. The van der Waals surface area contributed by atoms with Crippen molar-refractivity contribution in [3.63, 3.8) is 0 Å². The van der Waals surface area contributed by atoms with E-state index in [4.69, 9.17) is 28.3 Å². The molecule has 42 heavy (non-hydrogen) atoms. The molecule has 5 rings (SSSR count). The van der Waals surface area contributed by atoms with Crippen molar-refractivity contribution in [1.82, 2.24) is 25.1 Å². The van der Waals surface area contributed by atoms with Gasteiger partial charge in [0.15, 0.2) is 0 Å². The summed E-state index contributed by atoms with van der Waals surface area (Å²) < 4.78 is 2.09. The van der Waals surface area contributed by atoms with E-state index in [1.165, 1.54) is 31.4 Å². The number of hydrogen-bond acceptors (Lipinski definition) is 5. The van der Waals surface area contributed by atoms with Gasteiger partial charge in [-0.15, -0.1) is 0 Å². The summed E-state index contributed by atoms with van der Waals surface area (Å²) in [5, 5.41) is 11.0. The van der Waals surface area contributed by atoms with Gasteiger partial charge >= 0.3 is 0 Å². The summed E-state index contributed by atoms with van der Waals surface area (Å²) in [6.45, 7) is 13.5. The lowest BCUT2D eigenvalue weighted by Gasteiger charge is -2.26. The van der Waals surface area contributed by atoms with Crippen LogP contribution in [0.4, 0.5) is 5.82 Å². The minimum absolute atomic E-state index is 0.0172. The molecule has 0 atom stereocenters. The Balaban J connectivity index is 0.000000241. The van der Waals surface area contributed by atoms with Gasteiger partial charge in [-0.25, -0.2) is 9.97 Å². The normalized spacial score (nSPS) is 17.2. The van der Waals surface area contributed by atoms with Crippen molar-refractivity contribution >= 4 is 39.9 Å². The van der Waals surface area contributed by atoms with Gasteiger partial charge in [-0.05, 0) is 74.0 Å². The predicted octanol–water partition coefficient (Wildman–Crippen LogP) is 8.46. The van der Waals surface area contributed by atoms with Gasteiger partial charge in [-0.3, -0.25) is 4.68 Å². The fraction of sp³-hybridized carbons (Fsp3) is 0.500. The van der Waals surface area contributed by atoms with E-state index in [0.29, 0.717) is 16.6 Å². The number of para-hydroxylation sites is 1. The zero-order chi connectivity index (χ0) is 30.4. The highest BCUT2D eigenvalue weighted by atomic mass is 35.5. The predicted molar refractivity (Wildman–Crippen MR) is 178 cm³/mol. The first-order chi connectivity index (χ1) is 19.9. The Morgan fingerprint density at radius 1 is 0.976 bits per heavy atom. The Morgan fingerprint density at radius 3 is 2.36 bits per heavy atom. The molecule has 0 saturated heterocycles. The second-order valence-corrected chi connectivity index (χ2v) is 13.8. The fourth-order valence-electron chi connectivity index (χ4n) is 5.36. The van der Waals surface area contributed by atoms with Crippen LogP contribution < -0.4 is 10.2 Å². The third kappa shape index (κ3) is 8.68. The lowest BCUT2D eigenvalue weighted by Crippen LogP contribution is -2.26. The standard InChI is InChI=1S/C23H33Cl2N3.C11H13N3/c1-16-5-7-17(8-6-16)13-26-14-20-12-22(23(2,3)4)27-28(20)15-18-9-10-19(24)11-21(18)25;1-8-12-10-7-5-4-6-9(10)11(13-8)14(2)3/h9-12,16-17,26H,5-8,13-15H2,1-4H3;4-7H,1-3H3. The second kappa shape index (κ2) is 14.2. The summed E-state index contributed by atoms with van der Waals surface area (Å²) >= 11 is 12.5. The number of aryl methyl sites for hydroxylation is 1. The summed E-state index contributed by atoms with van der Waals surface area (Å²) in [6.07, 6.45) is 5.43. The second-order valence-electron chi connectivity index (χ2n) is 12.9. The molecule has 4 aromatic rings. The maximum atomic E-state index is 6.40. The Kier molecular flexibility index (Phi) is 10.9. The highest BCUT2D eigenvalue weighted by molar-refractivity contribution is 6.35. The minimum atomic E-state index is 0.0172. The molecule has 0 radical (unpaired) electrons. The Hall–Kier alpha value is -2.67. The van der Waals surface area contributed by atoms with E-state index in [2.05, 4.69) is 53.7 Å². The number of nitrogens with zero attached hydrogens (tertiary/aromatic N) is 5. The van der Waals surface area contributed by atoms with E-state index in [1.54, 1.807) is 6.07 Å². The number of nitrogens with one attached hydrogen (secondary N) is 1. The van der Waals surface area contributed by atoms with Gasteiger partial charge < -0.3 is 10.2 Å². The molecule has 0 aliphatic heterocycles. The number of benzene rings is 2. The van der Waals surface area contributed by atoms with Crippen LogP contribution in [0.3, 0.4) is 0 Å². The summed E-state index contributed by atoms with van der Waals surface area (Å²) in [4.78, 5) is 10.8. The molecule has 2 heterocycles. The smallest absolute Gasteiger partial charge is 0.139 e. The number of aromatic nitrogens is 4. The van der Waals surface area contributed by atoms with Crippen molar-refractivity contribution in [1.29, 1.82) is 0 Å². The molecule has 1 saturated carbocycles. The van der Waals surface area contributed by atoms with E-state index in [9.17, 15) is 0 Å². The van der Waals surface area contributed by atoms with Gasteiger partial charge in [0.05, 0.1) is 23.4 Å². The van der Waals surface area contributed by atoms with E-state index in [0.717, 1.165) is 58.7 Å². The van der Waals surface area contributed by atoms with Crippen LogP contribution in [0.15, 0.2) is 48.5 Å². The van der Waals surface area contributed by atoms with E-state index < -0.39 is 0 Å². The first-order valence-electron chi connectivity index (χ1n) is 15.0. The highest BCUT2D eigenvalue weighted by Gasteiger charge is 2.21. The summed E-state index contributed by atoms with van der Waals surface area (Å²) in [7, 11) is 3.99. The van der Waals surface area contributed by atoms with Gasteiger partial charge in [0.25, 0.3) is 0 Å². The fourth-order valence-corrected chi connectivity index (χ4v) is 5.83. The molecule has 0 amide bonds. The monoisotopic (exact) mass is 608 g/mol. The van der Waals surface area contributed by atoms with Gasteiger partial charge in [-0.2, -0.15) is 5.10 Å². The van der Waals surface area contributed by atoms with Crippen LogP contribution in [-0.4, -0.2) is 40.4 Å². The maximum absolute atomic E-state index is 6.40. The minimum Gasteiger partial charge on any atom is -0.362 e. The van der Waals surface area contributed by atoms with Crippen molar-refractivity contribution in [3.05, 3.63) is 81.4 Å². The van der Waals surface area contributed by atoms with Crippen molar-refractivity contribution < 1.29 is 0 Å². The topological polar surface area (TPSA) is 58.9 Å². The molecule has 0 spiro atoms. The Labute approximate surface area is 261 Å². The van der Waals surface area contributed by atoms with Crippen LogP contribution >= 0.6 is 23.2 Å². The summed E-state index contributed by atoms with van der Waals surface area (Å²) in [5.74, 6) is 3.50. The van der Waals surface area contributed by atoms with Gasteiger partial charge in [-0.1, -0.05) is 81.9 Å². The molecule has 1 fully saturated rings. The SMILES string of the molecule is CC1CCC(CNCc2cc(C(C)(C)C)nn2Cc2ccc(Cl)cc2Cl)CC1.Cc1nc(N(C)C)c2ccccc2n1. The lowest BCUT2D eigenvalue weighted by atomic mass is 9.83. The van der Waals surface area contributed by atoms with Gasteiger partial charge in [0.2, 0.25) is 0 Å². The first-order valence-corrected chi connectivity index (χ1v) is 15.8. The zero-order valence-corrected chi connectivity index (χ0v) is 27.7. The van der Waals surface area contributed by atoms with E-state index >= 15 is 0 Å². The van der Waals surface area contributed by atoms with Crippen LogP contribution in [0.2, 0.25) is 10.0 Å². The molecule has 8 heteroatoms. The Bertz CT molecular complexity index is 1460. The Morgan fingerprint density at radius 2 is 1.69 bits per heavy atom. The molecular formula is C34H46Cl2N6. The number of hydrogen-bond donors (Lipinski definition) is 1. The summed E-state index contributed by atoms with van der Waals surface area (Å²) in [5.41, 5.74) is 4.38. The van der Waals surface area contributed by atoms with Crippen molar-refractivity contribution in [2.75, 3.05) is 25.5 Å². The third-order valence-corrected chi connectivity index (χ3v) is 8.55. The lowest BCUT2D eigenvalue weighted by molar-refractivity contribution is 0.281. The van der Waals surface area contributed by atoms with Crippen molar-refractivity contribution in [3.8, 4) is 0 Å². The molecule has 1 aliphatic rings. The quantitative estimate of drug-likeness (QED) is 0.228. The number of rotatable bonds is 7. The van der Waals surface area contributed by atoms with Gasteiger partial charge in [0.1, 0.15) is 11.6 Å². The van der Waals surface area contributed by atoms with Crippen LogP contribution in [0.1, 0.15) is 76.2 Å². The molecular weight excluding hydrogens is 563 g/mol. The van der Waals surface area contributed by atoms with Crippen LogP contribution in [0, 0.1) is 18.8 Å². The average molecular weight is 610 g/mol. The number of fused-ring (bicyclic) bond motifs is 1. The van der Waals surface area contributed by atoms with Crippen molar-refractivity contribution in [2.45, 2.75) is 78.8 Å². The van der Waals surface area contributed by atoms with E-state index in [1.807, 2.05) is 62.3 Å². The molecule has 6 nitrogen and oxygen atoms in total. The van der Waals surface area contributed by atoms with Gasteiger partial charge in [0, 0.05) is 41.5 Å². The van der Waals surface area contributed by atoms with Crippen LogP contribution in [0.5, 0.6) is 0 Å². The highest BCUT2D eigenvalue weighted by Crippen LogP contribution is 2.28. The summed E-state index contributed by atoms with van der Waals surface area (Å²) in [6, 6.07) is 16.0. The van der Waals surface area contributed by atoms with E-state index in [-0.39, 0.29) is 5.41 Å². The molecule has 226 valence electrons. The van der Waals surface area contributed by atoms with Crippen molar-refractivity contribution in [2.24, 2.45) is 11.8 Å². The molecule has 0 bridgehead atoms. The largest absolute Gasteiger partial charge is 0.362 e. The molecule has 1 N–H and O–H groups in total. The average Bonchev–Trinajstić information content (AvgIpc) is 3.34. The third-order valence-electron chi connectivity index (χ3n) is 7.96. The van der Waals surface area contributed by atoms with Crippen LogP contribution in [-0.2, 0) is 18.5 Å². The molecule has 1 aliphatic carbocycles. The van der Waals surface area contributed by atoms with Crippen LogP contribution in [0.25, 0.3) is 10.9 Å². The first kappa shape index (κ1) is 32.2. The molecule has 0 unspecified atom stereocenters.